The van der Waals surface area contributed by atoms with Crippen molar-refractivity contribution in [1.82, 2.24) is 5.32 Å². The first-order chi connectivity index (χ1) is 9.81. The minimum absolute atomic E-state index is 0. The summed E-state index contributed by atoms with van der Waals surface area (Å²) in [6.07, 6.45) is -0.776. The van der Waals surface area contributed by atoms with E-state index in [1.54, 1.807) is 18.2 Å². The maximum Gasteiger partial charge on any atom is 0.341 e. The molecule has 0 aliphatic carbocycles. The summed E-state index contributed by atoms with van der Waals surface area (Å²) in [7, 11) is 1.33. The molecule has 0 bridgehead atoms. The van der Waals surface area contributed by atoms with Gasteiger partial charge in [-0.05, 0) is 32.9 Å². The van der Waals surface area contributed by atoms with Crippen LogP contribution in [0.1, 0.15) is 43.0 Å². The number of furan rings is 1. The SMILES string of the molecule is COC(=O)c1cccc2cc(C(O)CNC(C)(C)C)oc12.Cl. The van der Waals surface area contributed by atoms with Gasteiger partial charge < -0.3 is 19.6 Å². The number of fused-ring (bicyclic) bond motifs is 1. The van der Waals surface area contributed by atoms with Crippen molar-refractivity contribution in [2.45, 2.75) is 32.4 Å². The van der Waals surface area contributed by atoms with Crippen LogP contribution in [0.3, 0.4) is 0 Å². The summed E-state index contributed by atoms with van der Waals surface area (Å²) in [5.41, 5.74) is 0.704. The van der Waals surface area contributed by atoms with Crippen molar-refractivity contribution < 1.29 is 19.1 Å². The van der Waals surface area contributed by atoms with Crippen molar-refractivity contribution in [3.05, 3.63) is 35.6 Å². The molecule has 0 fully saturated rings. The Morgan fingerprint density at radius 2 is 2.09 bits per heavy atom. The quantitative estimate of drug-likeness (QED) is 0.844. The number of benzene rings is 1. The van der Waals surface area contributed by atoms with Crippen LogP contribution in [0.2, 0.25) is 0 Å². The minimum atomic E-state index is -0.776. The summed E-state index contributed by atoms with van der Waals surface area (Å²) in [4.78, 5) is 11.7. The van der Waals surface area contributed by atoms with E-state index in [1.165, 1.54) is 7.11 Å². The Hall–Kier alpha value is -1.56. The molecule has 1 aromatic heterocycles. The predicted molar refractivity (Wildman–Crippen MR) is 87.5 cm³/mol. The van der Waals surface area contributed by atoms with Crippen LogP contribution < -0.4 is 5.32 Å². The Morgan fingerprint density at radius 1 is 1.41 bits per heavy atom. The average molecular weight is 328 g/mol. The number of rotatable bonds is 4. The molecule has 2 rings (SSSR count). The first-order valence-electron chi connectivity index (χ1n) is 6.85. The Labute approximate surface area is 136 Å². The van der Waals surface area contributed by atoms with Gasteiger partial charge in [0.25, 0.3) is 0 Å². The molecule has 1 atom stereocenters. The van der Waals surface area contributed by atoms with E-state index in [4.69, 9.17) is 9.15 Å². The summed E-state index contributed by atoms with van der Waals surface area (Å²) < 4.78 is 10.4. The van der Waals surface area contributed by atoms with Gasteiger partial charge >= 0.3 is 5.97 Å². The van der Waals surface area contributed by atoms with Gasteiger partial charge in [-0.15, -0.1) is 12.4 Å². The Morgan fingerprint density at radius 3 is 2.68 bits per heavy atom. The fourth-order valence-electron chi connectivity index (χ4n) is 2.02. The number of aliphatic hydroxyl groups excluding tert-OH is 1. The van der Waals surface area contributed by atoms with E-state index in [0.29, 0.717) is 23.5 Å². The van der Waals surface area contributed by atoms with E-state index in [-0.39, 0.29) is 17.9 Å². The summed E-state index contributed by atoms with van der Waals surface area (Å²) in [6.45, 7) is 6.44. The molecule has 0 saturated heterocycles. The zero-order chi connectivity index (χ0) is 15.6. The standard InChI is InChI=1S/C16H21NO4.ClH/c1-16(2,3)17-9-12(18)13-8-10-6-5-7-11(14(10)21-13)15(19)20-4;/h5-8,12,17-18H,9H2,1-4H3;1H. The maximum atomic E-state index is 11.7. The van der Waals surface area contributed by atoms with Crippen molar-refractivity contribution in [2.24, 2.45) is 0 Å². The maximum absolute atomic E-state index is 11.7. The van der Waals surface area contributed by atoms with Crippen LogP contribution in [-0.2, 0) is 4.74 Å². The molecule has 5 nitrogen and oxygen atoms in total. The number of halogens is 1. The van der Waals surface area contributed by atoms with Crippen LogP contribution in [0.5, 0.6) is 0 Å². The third kappa shape index (κ3) is 4.22. The number of methoxy groups -OCH3 is 1. The number of hydrogen-bond donors (Lipinski definition) is 2. The van der Waals surface area contributed by atoms with Crippen molar-refractivity contribution in [3.63, 3.8) is 0 Å². The van der Waals surface area contributed by atoms with Crippen LogP contribution in [0.25, 0.3) is 11.0 Å². The smallest absolute Gasteiger partial charge is 0.341 e. The number of carbonyl (C=O) groups is 1. The number of β-amino-alcohol motifs (C(OH)–C–C–N with tert-alkyl or cyclic N) is 1. The van der Waals surface area contributed by atoms with Gasteiger partial charge in [0.2, 0.25) is 0 Å². The number of para-hydroxylation sites is 1. The number of carbonyl (C=O) groups excluding carboxylic acids is 1. The lowest BCUT2D eigenvalue weighted by molar-refractivity contribution is 0.0601. The highest BCUT2D eigenvalue weighted by atomic mass is 35.5. The molecule has 1 unspecified atom stereocenters. The molecule has 0 radical (unpaired) electrons. The zero-order valence-electron chi connectivity index (χ0n) is 13.2. The largest absolute Gasteiger partial charge is 0.465 e. The fraction of sp³-hybridized carbons (Fsp3) is 0.438. The van der Waals surface area contributed by atoms with Gasteiger partial charge in [0, 0.05) is 17.5 Å². The topological polar surface area (TPSA) is 71.7 Å². The Kier molecular flexibility index (Phi) is 6.00. The summed E-state index contributed by atoms with van der Waals surface area (Å²) >= 11 is 0. The van der Waals surface area contributed by atoms with Gasteiger partial charge in [-0.25, -0.2) is 4.79 Å². The molecule has 0 aliphatic rings. The molecule has 0 saturated carbocycles. The molecule has 0 aliphatic heterocycles. The first-order valence-corrected chi connectivity index (χ1v) is 6.85. The summed E-state index contributed by atoms with van der Waals surface area (Å²) in [6, 6.07) is 6.98. The van der Waals surface area contributed by atoms with Gasteiger partial charge in [0.15, 0.2) is 0 Å². The normalized spacial score (nSPS) is 12.8. The minimum Gasteiger partial charge on any atom is -0.465 e. The fourth-order valence-corrected chi connectivity index (χ4v) is 2.02. The highest BCUT2D eigenvalue weighted by molar-refractivity contribution is 6.02. The third-order valence-electron chi connectivity index (χ3n) is 3.12. The number of aliphatic hydroxyl groups is 1. The lowest BCUT2D eigenvalue weighted by Crippen LogP contribution is -2.38. The van der Waals surface area contributed by atoms with Gasteiger partial charge in [0.1, 0.15) is 23.0 Å². The third-order valence-corrected chi connectivity index (χ3v) is 3.12. The van der Waals surface area contributed by atoms with E-state index in [2.05, 4.69) is 5.32 Å². The Balaban J connectivity index is 0.00000242. The van der Waals surface area contributed by atoms with Crippen LogP contribution in [-0.4, -0.2) is 30.3 Å². The number of esters is 1. The van der Waals surface area contributed by atoms with Gasteiger partial charge in [-0.2, -0.15) is 0 Å². The summed E-state index contributed by atoms with van der Waals surface area (Å²) in [5, 5.41) is 14.2. The monoisotopic (exact) mass is 327 g/mol. The molecular weight excluding hydrogens is 306 g/mol. The number of nitrogens with one attached hydrogen (secondary N) is 1. The van der Waals surface area contributed by atoms with Gasteiger partial charge in [-0.3, -0.25) is 0 Å². The molecular formula is C16H22ClNO4. The van der Waals surface area contributed by atoms with Crippen LogP contribution in [0, 0.1) is 0 Å². The van der Waals surface area contributed by atoms with Crippen molar-refractivity contribution in [1.29, 1.82) is 0 Å². The first kappa shape index (κ1) is 18.5. The Bertz CT molecular complexity index is 645. The molecule has 1 heterocycles. The van der Waals surface area contributed by atoms with Crippen molar-refractivity contribution >= 4 is 29.3 Å². The lowest BCUT2D eigenvalue weighted by atomic mass is 10.1. The predicted octanol–water partition coefficient (Wildman–Crippen LogP) is 3.06. The van der Waals surface area contributed by atoms with Crippen LogP contribution in [0.4, 0.5) is 0 Å². The molecule has 2 N–H and O–H groups in total. The van der Waals surface area contributed by atoms with E-state index >= 15 is 0 Å². The molecule has 122 valence electrons. The second-order valence-electron chi connectivity index (χ2n) is 6.01. The average Bonchev–Trinajstić information content (AvgIpc) is 2.86. The number of ether oxygens (including phenoxy) is 1. The van der Waals surface area contributed by atoms with E-state index in [0.717, 1.165) is 5.39 Å². The molecule has 2 aromatic rings. The molecule has 1 aromatic carbocycles. The van der Waals surface area contributed by atoms with E-state index in [1.807, 2.05) is 26.8 Å². The second kappa shape index (κ2) is 7.13. The van der Waals surface area contributed by atoms with Gasteiger partial charge in [0.05, 0.1) is 7.11 Å². The van der Waals surface area contributed by atoms with Crippen LogP contribution >= 0.6 is 12.4 Å². The molecule has 0 amide bonds. The van der Waals surface area contributed by atoms with Crippen molar-refractivity contribution in [2.75, 3.05) is 13.7 Å². The lowest BCUT2D eigenvalue weighted by Gasteiger charge is -2.22. The van der Waals surface area contributed by atoms with Gasteiger partial charge in [-0.1, -0.05) is 12.1 Å². The molecule has 6 heteroatoms. The molecule has 0 spiro atoms. The number of hydrogen-bond acceptors (Lipinski definition) is 5. The van der Waals surface area contributed by atoms with E-state index < -0.39 is 12.1 Å². The van der Waals surface area contributed by atoms with Crippen LogP contribution in [0.15, 0.2) is 28.7 Å². The zero-order valence-corrected chi connectivity index (χ0v) is 14.0. The second-order valence-corrected chi connectivity index (χ2v) is 6.01. The highest BCUT2D eigenvalue weighted by Crippen LogP contribution is 2.27. The molecule has 22 heavy (non-hydrogen) atoms. The summed E-state index contributed by atoms with van der Waals surface area (Å²) in [5.74, 6) is -0.0260. The van der Waals surface area contributed by atoms with E-state index in [9.17, 15) is 9.90 Å². The highest BCUT2D eigenvalue weighted by Gasteiger charge is 2.19. The van der Waals surface area contributed by atoms with Crippen molar-refractivity contribution in [3.8, 4) is 0 Å².